The third kappa shape index (κ3) is 2.82. The molecule has 2 amide bonds. The van der Waals surface area contributed by atoms with Gasteiger partial charge in [0.15, 0.2) is 0 Å². The van der Waals surface area contributed by atoms with E-state index in [-0.39, 0.29) is 24.4 Å². The van der Waals surface area contributed by atoms with Gasteiger partial charge >= 0.3 is 0 Å². The number of rotatable bonds is 3. The quantitative estimate of drug-likeness (QED) is 0.618. The van der Waals surface area contributed by atoms with Gasteiger partial charge < -0.3 is 14.8 Å². The van der Waals surface area contributed by atoms with Gasteiger partial charge in [-0.1, -0.05) is 52.3 Å². The number of nitrogens with zero attached hydrogens (tertiary/aromatic N) is 2. The lowest BCUT2D eigenvalue weighted by atomic mass is 9.86. The maximum absolute atomic E-state index is 13.3. The number of hydrogen-bond donors (Lipinski definition) is 1. The standard InChI is InChI=1S/C23H20BrN3O2/c1-2-10-26-13-20(28)27-19(23(26)29)12-17-16-8-3-4-9-18(16)25-21(17)22(27)14-6-5-7-15(24)11-14/h2-9,11,19,22,25H,1,10,12-13H2/t19-,22-/m0/s1. The molecule has 1 N–H and O–H groups in total. The highest BCUT2D eigenvalue weighted by atomic mass is 79.9. The van der Waals surface area contributed by atoms with Crippen molar-refractivity contribution in [3.05, 3.63) is 82.5 Å². The summed E-state index contributed by atoms with van der Waals surface area (Å²) in [6.07, 6.45) is 2.19. The Morgan fingerprint density at radius 2 is 2.00 bits per heavy atom. The molecule has 5 rings (SSSR count). The minimum Gasteiger partial charge on any atom is -0.356 e. The Balaban J connectivity index is 1.73. The number of H-pyrrole nitrogens is 1. The number of amides is 2. The predicted molar refractivity (Wildman–Crippen MR) is 115 cm³/mol. The molecule has 0 radical (unpaired) electrons. The molecule has 2 atom stereocenters. The minimum atomic E-state index is -0.508. The molecule has 1 aromatic heterocycles. The van der Waals surface area contributed by atoms with Crippen LogP contribution in [0, 0.1) is 0 Å². The zero-order valence-corrected chi connectivity index (χ0v) is 17.4. The first kappa shape index (κ1) is 18.2. The highest BCUT2D eigenvalue weighted by Gasteiger charge is 2.47. The van der Waals surface area contributed by atoms with Crippen LogP contribution in [0.15, 0.2) is 65.7 Å². The Kier molecular flexibility index (Phi) is 4.32. The SMILES string of the molecule is C=CCN1CC(=O)N2[C@@H](c3cccc(Br)c3)c3[nH]c4ccccc4c3C[C@H]2C1=O. The van der Waals surface area contributed by atoms with Crippen LogP contribution in [0.1, 0.15) is 22.9 Å². The molecule has 0 aliphatic carbocycles. The summed E-state index contributed by atoms with van der Waals surface area (Å²) >= 11 is 3.55. The average Bonchev–Trinajstić information content (AvgIpc) is 3.09. The first-order valence-electron chi connectivity index (χ1n) is 9.64. The first-order chi connectivity index (χ1) is 14.1. The van der Waals surface area contributed by atoms with Gasteiger partial charge in [-0.15, -0.1) is 6.58 Å². The number of aromatic amines is 1. The molecular weight excluding hydrogens is 430 g/mol. The van der Waals surface area contributed by atoms with Gasteiger partial charge in [0.05, 0.1) is 6.04 Å². The minimum absolute atomic E-state index is 0.0135. The number of aromatic nitrogens is 1. The topological polar surface area (TPSA) is 56.4 Å². The number of para-hydroxylation sites is 1. The van der Waals surface area contributed by atoms with Crippen molar-refractivity contribution in [3.63, 3.8) is 0 Å². The molecule has 3 heterocycles. The van der Waals surface area contributed by atoms with Crippen molar-refractivity contribution < 1.29 is 9.59 Å². The van der Waals surface area contributed by atoms with E-state index in [0.29, 0.717) is 13.0 Å². The number of carbonyl (C=O) groups is 2. The summed E-state index contributed by atoms with van der Waals surface area (Å²) in [5, 5.41) is 1.11. The molecule has 5 nitrogen and oxygen atoms in total. The molecule has 6 heteroatoms. The highest BCUT2D eigenvalue weighted by Crippen LogP contribution is 2.42. The number of piperazine rings is 1. The lowest BCUT2D eigenvalue weighted by Gasteiger charge is -2.47. The van der Waals surface area contributed by atoms with Crippen molar-refractivity contribution >= 4 is 38.6 Å². The van der Waals surface area contributed by atoms with E-state index in [1.54, 1.807) is 15.9 Å². The average molecular weight is 450 g/mol. The molecule has 2 aromatic carbocycles. The van der Waals surface area contributed by atoms with Gasteiger partial charge in [0.2, 0.25) is 11.8 Å². The summed E-state index contributed by atoms with van der Waals surface area (Å²) in [5.74, 6) is -0.0499. The Bertz CT molecular complexity index is 1150. The number of halogens is 1. The lowest BCUT2D eigenvalue weighted by molar-refractivity contribution is -0.158. The number of hydrogen-bond acceptors (Lipinski definition) is 2. The van der Waals surface area contributed by atoms with E-state index < -0.39 is 6.04 Å². The fourth-order valence-corrected chi connectivity index (χ4v) is 5.07. The number of benzene rings is 2. The lowest BCUT2D eigenvalue weighted by Crippen LogP contribution is -2.62. The monoisotopic (exact) mass is 449 g/mol. The largest absolute Gasteiger partial charge is 0.356 e. The smallest absolute Gasteiger partial charge is 0.246 e. The van der Waals surface area contributed by atoms with E-state index in [9.17, 15) is 9.59 Å². The fraction of sp³-hybridized carbons (Fsp3) is 0.217. The van der Waals surface area contributed by atoms with E-state index >= 15 is 0 Å². The third-order valence-electron chi connectivity index (χ3n) is 5.86. The molecule has 29 heavy (non-hydrogen) atoms. The van der Waals surface area contributed by atoms with E-state index in [0.717, 1.165) is 32.2 Å². The zero-order valence-electron chi connectivity index (χ0n) is 15.8. The molecule has 0 saturated carbocycles. The Morgan fingerprint density at radius 1 is 1.17 bits per heavy atom. The molecule has 0 bridgehead atoms. The van der Waals surface area contributed by atoms with Gasteiger partial charge in [-0.3, -0.25) is 9.59 Å². The van der Waals surface area contributed by atoms with Crippen LogP contribution in [0.2, 0.25) is 0 Å². The highest BCUT2D eigenvalue weighted by molar-refractivity contribution is 9.10. The Hall–Kier alpha value is -2.86. The third-order valence-corrected chi connectivity index (χ3v) is 6.35. The molecule has 0 spiro atoms. The number of nitrogens with one attached hydrogen (secondary N) is 1. The van der Waals surface area contributed by atoms with Crippen LogP contribution in [0.25, 0.3) is 10.9 Å². The van der Waals surface area contributed by atoms with Crippen molar-refractivity contribution in [2.75, 3.05) is 13.1 Å². The van der Waals surface area contributed by atoms with Crippen molar-refractivity contribution in [3.8, 4) is 0 Å². The number of fused-ring (bicyclic) bond motifs is 4. The van der Waals surface area contributed by atoms with Crippen molar-refractivity contribution in [2.45, 2.75) is 18.5 Å². The van der Waals surface area contributed by atoms with Gasteiger partial charge in [0.25, 0.3) is 0 Å². The van der Waals surface area contributed by atoms with Gasteiger partial charge in [0, 0.05) is 34.0 Å². The van der Waals surface area contributed by atoms with Gasteiger partial charge in [-0.05, 0) is 29.3 Å². The van der Waals surface area contributed by atoms with E-state index in [1.807, 2.05) is 42.5 Å². The summed E-state index contributed by atoms with van der Waals surface area (Å²) in [7, 11) is 0. The second-order valence-electron chi connectivity index (χ2n) is 7.55. The molecule has 146 valence electrons. The van der Waals surface area contributed by atoms with Crippen molar-refractivity contribution in [1.82, 2.24) is 14.8 Å². The van der Waals surface area contributed by atoms with Crippen molar-refractivity contribution in [1.29, 1.82) is 0 Å². The summed E-state index contributed by atoms with van der Waals surface area (Å²) in [5.41, 5.74) is 4.13. The van der Waals surface area contributed by atoms with E-state index in [1.165, 1.54) is 0 Å². The predicted octanol–water partition coefficient (Wildman–Crippen LogP) is 3.80. The maximum atomic E-state index is 13.3. The first-order valence-corrected chi connectivity index (χ1v) is 10.4. The summed E-state index contributed by atoms with van der Waals surface area (Å²) in [4.78, 5) is 33.4. The summed E-state index contributed by atoms with van der Waals surface area (Å²) in [6.45, 7) is 4.20. The van der Waals surface area contributed by atoms with E-state index in [4.69, 9.17) is 0 Å². The second-order valence-corrected chi connectivity index (χ2v) is 8.46. The molecule has 0 unspecified atom stereocenters. The van der Waals surface area contributed by atoms with Crippen LogP contribution in [-0.4, -0.2) is 45.7 Å². The molecular formula is C23H20BrN3O2. The van der Waals surface area contributed by atoms with Gasteiger partial charge in [0.1, 0.15) is 12.6 Å². The normalized spacial score (nSPS) is 21.3. The molecule has 2 aliphatic rings. The number of carbonyl (C=O) groups excluding carboxylic acids is 2. The van der Waals surface area contributed by atoms with Crippen LogP contribution in [-0.2, 0) is 16.0 Å². The molecule has 1 saturated heterocycles. The van der Waals surface area contributed by atoms with Crippen LogP contribution in [0.4, 0.5) is 0 Å². The Labute approximate surface area is 177 Å². The van der Waals surface area contributed by atoms with Crippen molar-refractivity contribution in [2.24, 2.45) is 0 Å². The molecule has 2 aliphatic heterocycles. The van der Waals surface area contributed by atoms with Crippen LogP contribution in [0.3, 0.4) is 0 Å². The Morgan fingerprint density at radius 3 is 2.79 bits per heavy atom. The summed E-state index contributed by atoms with van der Waals surface area (Å²) < 4.78 is 0.943. The maximum Gasteiger partial charge on any atom is 0.246 e. The van der Waals surface area contributed by atoms with E-state index in [2.05, 4.69) is 33.6 Å². The second kappa shape index (κ2) is 6.88. The van der Waals surface area contributed by atoms with Gasteiger partial charge in [-0.25, -0.2) is 0 Å². The van der Waals surface area contributed by atoms with Crippen LogP contribution in [0.5, 0.6) is 0 Å². The molecule has 1 fully saturated rings. The van der Waals surface area contributed by atoms with Gasteiger partial charge in [-0.2, -0.15) is 0 Å². The van der Waals surface area contributed by atoms with Crippen LogP contribution < -0.4 is 0 Å². The van der Waals surface area contributed by atoms with Crippen LogP contribution >= 0.6 is 15.9 Å². The summed E-state index contributed by atoms with van der Waals surface area (Å²) in [6, 6.07) is 15.3. The fourth-order valence-electron chi connectivity index (χ4n) is 4.66. The molecule has 3 aromatic rings. The zero-order chi connectivity index (χ0) is 20.1.